The maximum Gasteiger partial charge on any atom is 0.127 e. The largest absolute Gasteiger partial charge is 0.497 e. The first-order valence-corrected chi connectivity index (χ1v) is 7.04. The fourth-order valence-electron chi connectivity index (χ4n) is 1.85. The van der Waals surface area contributed by atoms with E-state index in [4.69, 9.17) is 14.7 Å². The molecular weight excluding hydrogens is 272 g/mol. The number of thiophene rings is 1. The highest BCUT2D eigenvalue weighted by Crippen LogP contribution is 2.24. The second kappa shape index (κ2) is 6.94. The van der Waals surface area contributed by atoms with Gasteiger partial charge in [-0.2, -0.15) is 5.26 Å². The van der Waals surface area contributed by atoms with Crippen molar-refractivity contribution in [2.24, 2.45) is 0 Å². The summed E-state index contributed by atoms with van der Waals surface area (Å²) in [6.07, 6.45) is 0. The fraction of sp³-hybridized carbons (Fsp3) is 0.267. The number of ether oxygens (including phenoxy) is 2. The van der Waals surface area contributed by atoms with Gasteiger partial charge < -0.3 is 14.8 Å². The van der Waals surface area contributed by atoms with E-state index in [9.17, 15) is 0 Å². The molecular formula is C15H16N2O2S. The lowest BCUT2D eigenvalue weighted by molar-refractivity contribution is 0.390. The van der Waals surface area contributed by atoms with Crippen molar-refractivity contribution in [1.29, 1.82) is 5.26 Å². The lowest BCUT2D eigenvalue weighted by Crippen LogP contribution is -2.12. The SMILES string of the molecule is COc1ccc(CNCc2cc(C#N)cs2)c(OC)c1. The third-order valence-corrected chi connectivity index (χ3v) is 3.83. The standard InChI is InChI=1S/C15H16N2O2S/c1-18-13-4-3-12(15(6-13)19-2)8-17-9-14-5-11(7-16)10-20-14/h3-6,10,17H,8-9H2,1-2H3. The van der Waals surface area contributed by atoms with Gasteiger partial charge in [-0.1, -0.05) is 6.07 Å². The molecule has 4 nitrogen and oxygen atoms in total. The van der Waals surface area contributed by atoms with E-state index < -0.39 is 0 Å². The van der Waals surface area contributed by atoms with Crippen LogP contribution in [0.2, 0.25) is 0 Å². The van der Waals surface area contributed by atoms with E-state index in [0.29, 0.717) is 12.1 Å². The second-order valence-electron chi connectivity index (χ2n) is 4.19. The maximum atomic E-state index is 8.78. The van der Waals surface area contributed by atoms with E-state index in [1.165, 1.54) is 0 Å². The van der Waals surface area contributed by atoms with E-state index >= 15 is 0 Å². The van der Waals surface area contributed by atoms with Gasteiger partial charge in [0.25, 0.3) is 0 Å². The van der Waals surface area contributed by atoms with Crippen LogP contribution in [0.5, 0.6) is 11.5 Å². The van der Waals surface area contributed by atoms with Crippen molar-refractivity contribution in [2.75, 3.05) is 14.2 Å². The normalized spacial score (nSPS) is 10.1. The number of nitrogens with zero attached hydrogens (tertiary/aromatic N) is 1. The molecule has 2 rings (SSSR count). The molecule has 0 atom stereocenters. The molecule has 0 fully saturated rings. The van der Waals surface area contributed by atoms with Crippen LogP contribution in [0, 0.1) is 11.3 Å². The van der Waals surface area contributed by atoms with E-state index in [-0.39, 0.29) is 0 Å². The summed E-state index contributed by atoms with van der Waals surface area (Å²) < 4.78 is 10.5. The van der Waals surface area contributed by atoms with Gasteiger partial charge in [0.1, 0.15) is 17.6 Å². The molecule has 0 aliphatic carbocycles. The summed E-state index contributed by atoms with van der Waals surface area (Å²) >= 11 is 1.59. The Kier molecular flexibility index (Phi) is 4.99. The smallest absolute Gasteiger partial charge is 0.127 e. The summed E-state index contributed by atoms with van der Waals surface area (Å²) in [6, 6.07) is 9.81. The van der Waals surface area contributed by atoms with Crippen LogP contribution >= 0.6 is 11.3 Å². The van der Waals surface area contributed by atoms with Gasteiger partial charge >= 0.3 is 0 Å². The van der Waals surface area contributed by atoms with Crippen molar-refractivity contribution < 1.29 is 9.47 Å². The van der Waals surface area contributed by atoms with Crippen molar-refractivity contribution in [3.05, 3.63) is 45.6 Å². The average Bonchev–Trinajstić information content (AvgIpc) is 2.95. The molecule has 0 saturated carbocycles. The Morgan fingerprint density at radius 3 is 2.70 bits per heavy atom. The van der Waals surface area contributed by atoms with Gasteiger partial charge in [-0.15, -0.1) is 11.3 Å². The number of hydrogen-bond acceptors (Lipinski definition) is 5. The van der Waals surface area contributed by atoms with Gasteiger partial charge in [0.2, 0.25) is 0 Å². The van der Waals surface area contributed by atoms with Crippen LogP contribution in [-0.2, 0) is 13.1 Å². The zero-order valence-electron chi connectivity index (χ0n) is 11.5. The quantitative estimate of drug-likeness (QED) is 0.888. The number of methoxy groups -OCH3 is 2. The van der Waals surface area contributed by atoms with E-state index in [1.807, 2.05) is 29.6 Å². The lowest BCUT2D eigenvalue weighted by atomic mass is 10.2. The zero-order chi connectivity index (χ0) is 14.4. The molecule has 0 bridgehead atoms. The molecule has 0 amide bonds. The summed E-state index contributed by atoms with van der Waals surface area (Å²) in [7, 11) is 3.28. The predicted octanol–water partition coefficient (Wildman–Crippen LogP) is 2.93. The fourth-order valence-corrected chi connectivity index (χ4v) is 2.63. The number of hydrogen-bond donors (Lipinski definition) is 1. The average molecular weight is 288 g/mol. The van der Waals surface area contributed by atoms with Gasteiger partial charge in [0, 0.05) is 35.0 Å². The van der Waals surface area contributed by atoms with Crippen LogP contribution in [0.4, 0.5) is 0 Å². The van der Waals surface area contributed by atoms with Crippen LogP contribution in [0.3, 0.4) is 0 Å². The minimum atomic E-state index is 0.701. The van der Waals surface area contributed by atoms with E-state index in [2.05, 4.69) is 11.4 Å². The molecule has 5 heteroatoms. The molecule has 1 aromatic heterocycles. The van der Waals surface area contributed by atoms with Crippen molar-refractivity contribution in [3.8, 4) is 17.6 Å². The summed E-state index contributed by atoms with van der Waals surface area (Å²) in [5.41, 5.74) is 1.79. The lowest BCUT2D eigenvalue weighted by Gasteiger charge is -2.10. The van der Waals surface area contributed by atoms with Crippen molar-refractivity contribution in [2.45, 2.75) is 13.1 Å². The van der Waals surface area contributed by atoms with Crippen LogP contribution in [0.1, 0.15) is 16.0 Å². The molecule has 0 spiro atoms. The Bertz CT molecular complexity index is 617. The summed E-state index contributed by atoms with van der Waals surface area (Å²) in [5.74, 6) is 1.59. The summed E-state index contributed by atoms with van der Waals surface area (Å²) in [5, 5.41) is 14.0. The van der Waals surface area contributed by atoms with Crippen molar-refractivity contribution >= 4 is 11.3 Å². The van der Waals surface area contributed by atoms with Gasteiger partial charge in [0.15, 0.2) is 0 Å². The summed E-state index contributed by atoms with van der Waals surface area (Å²) in [4.78, 5) is 1.15. The van der Waals surface area contributed by atoms with E-state index in [0.717, 1.165) is 28.5 Å². The first kappa shape index (κ1) is 14.4. The highest BCUT2D eigenvalue weighted by Gasteiger charge is 2.05. The Labute approximate surface area is 122 Å². The number of benzene rings is 1. The molecule has 1 aromatic carbocycles. The molecule has 20 heavy (non-hydrogen) atoms. The third kappa shape index (κ3) is 3.50. The van der Waals surface area contributed by atoms with Crippen LogP contribution in [0.25, 0.3) is 0 Å². The topological polar surface area (TPSA) is 54.3 Å². The summed E-state index contributed by atoms with van der Waals surface area (Å²) in [6.45, 7) is 1.44. The Morgan fingerprint density at radius 1 is 1.20 bits per heavy atom. The molecule has 1 heterocycles. The van der Waals surface area contributed by atoms with Gasteiger partial charge in [0.05, 0.1) is 19.8 Å². The number of nitrogens with one attached hydrogen (secondary N) is 1. The Hall–Kier alpha value is -2.03. The number of rotatable bonds is 6. The van der Waals surface area contributed by atoms with Crippen LogP contribution < -0.4 is 14.8 Å². The number of nitriles is 1. The Morgan fingerprint density at radius 2 is 2.05 bits per heavy atom. The molecule has 0 unspecified atom stereocenters. The highest BCUT2D eigenvalue weighted by molar-refractivity contribution is 7.10. The van der Waals surface area contributed by atoms with E-state index in [1.54, 1.807) is 25.6 Å². The zero-order valence-corrected chi connectivity index (χ0v) is 12.3. The molecule has 0 aliphatic heterocycles. The van der Waals surface area contributed by atoms with Crippen molar-refractivity contribution in [1.82, 2.24) is 5.32 Å². The van der Waals surface area contributed by atoms with Crippen LogP contribution in [0.15, 0.2) is 29.6 Å². The first-order valence-electron chi connectivity index (χ1n) is 6.16. The molecule has 104 valence electrons. The minimum Gasteiger partial charge on any atom is -0.497 e. The van der Waals surface area contributed by atoms with Gasteiger partial charge in [-0.05, 0) is 12.1 Å². The molecule has 1 N–H and O–H groups in total. The molecule has 2 aromatic rings. The molecule has 0 saturated heterocycles. The Balaban J connectivity index is 1.95. The highest BCUT2D eigenvalue weighted by atomic mass is 32.1. The van der Waals surface area contributed by atoms with Crippen LogP contribution in [-0.4, -0.2) is 14.2 Å². The predicted molar refractivity (Wildman–Crippen MR) is 79.1 cm³/mol. The second-order valence-corrected chi connectivity index (χ2v) is 5.19. The van der Waals surface area contributed by atoms with Gasteiger partial charge in [-0.25, -0.2) is 0 Å². The molecule has 0 aliphatic rings. The van der Waals surface area contributed by atoms with Gasteiger partial charge in [-0.3, -0.25) is 0 Å². The molecule has 0 radical (unpaired) electrons. The van der Waals surface area contributed by atoms with Crippen molar-refractivity contribution in [3.63, 3.8) is 0 Å². The third-order valence-electron chi connectivity index (χ3n) is 2.89. The first-order chi connectivity index (χ1) is 9.76. The minimum absolute atomic E-state index is 0.701. The monoisotopic (exact) mass is 288 g/mol. The maximum absolute atomic E-state index is 8.78.